The second-order valence-corrected chi connectivity index (χ2v) is 6.08. The molecule has 0 radical (unpaired) electrons. The van der Waals surface area contributed by atoms with Gasteiger partial charge in [-0.05, 0) is 61.1 Å². The molecule has 0 heterocycles. The van der Waals surface area contributed by atoms with Crippen molar-refractivity contribution in [2.24, 2.45) is 0 Å². The summed E-state index contributed by atoms with van der Waals surface area (Å²) >= 11 is 11.2. The normalized spacial score (nSPS) is 10.2. The van der Waals surface area contributed by atoms with Gasteiger partial charge in [0.1, 0.15) is 12.4 Å². The van der Waals surface area contributed by atoms with Crippen LogP contribution in [0.1, 0.15) is 15.9 Å². The number of carbonyl (C=O) groups excluding carboxylic acids is 1. The highest BCUT2D eigenvalue weighted by atomic mass is 35.5. The number of hydrogen-bond acceptors (Lipinski definition) is 4. The van der Waals surface area contributed by atoms with Crippen LogP contribution in [0, 0.1) is 6.92 Å². The summed E-state index contributed by atoms with van der Waals surface area (Å²) in [6, 6.07) is 12.2. The topological polar surface area (TPSA) is 59.6 Å². The molecule has 0 aliphatic rings. The fraction of sp³-hybridized carbons (Fsp3) is 0.222. The summed E-state index contributed by atoms with van der Waals surface area (Å²) in [5, 5.41) is 6.41. The van der Waals surface area contributed by atoms with Gasteiger partial charge in [0.2, 0.25) is 0 Å². The molecule has 132 valence electrons. The fourth-order valence-electron chi connectivity index (χ4n) is 2.00. The van der Waals surface area contributed by atoms with Crippen molar-refractivity contribution in [3.63, 3.8) is 0 Å². The first kappa shape index (κ1) is 19.2. The van der Waals surface area contributed by atoms with Gasteiger partial charge in [-0.15, -0.1) is 0 Å². The summed E-state index contributed by atoms with van der Waals surface area (Å²) in [5.41, 5.74) is 2.20. The van der Waals surface area contributed by atoms with Gasteiger partial charge in [-0.2, -0.15) is 0 Å². The number of thiocarbonyl (C=S) groups is 1. The van der Waals surface area contributed by atoms with Crippen molar-refractivity contribution in [1.29, 1.82) is 0 Å². The fourth-order valence-corrected chi connectivity index (χ4v) is 2.38. The Kier molecular flexibility index (Phi) is 7.18. The highest BCUT2D eigenvalue weighted by molar-refractivity contribution is 7.80. The van der Waals surface area contributed by atoms with Gasteiger partial charge in [-0.3, -0.25) is 10.1 Å². The maximum absolute atomic E-state index is 12.2. The van der Waals surface area contributed by atoms with Gasteiger partial charge in [0.25, 0.3) is 5.91 Å². The first-order chi connectivity index (χ1) is 12.0. The van der Waals surface area contributed by atoms with Crippen LogP contribution in [-0.4, -0.2) is 31.3 Å². The van der Waals surface area contributed by atoms with Crippen molar-refractivity contribution in [2.45, 2.75) is 6.92 Å². The van der Waals surface area contributed by atoms with Crippen molar-refractivity contribution >= 4 is 40.5 Å². The molecule has 0 aliphatic carbocycles. The quantitative estimate of drug-likeness (QED) is 0.591. The summed E-state index contributed by atoms with van der Waals surface area (Å²) in [4.78, 5) is 12.2. The van der Waals surface area contributed by atoms with Gasteiger partial charge in [0.05, 0.1) is 6.61 Å². The molecule has 2 aromatic carbocycles. The number of amides is 1. The highest BCUT2D eigenvalue weighted by Gasteiger charge is 2.09. The van der Waals surface area contributed by atoms with E-state index in [-0.39, 0.29) is 11.0 Å². The molecule has 2 N–H and O–H groups in total. The van der Waals surface area contributed by atoms with Crippen LogP contribution in [0.4, 0.5) is 5.69 Å². The van der Waals surface area contributed by atoms with Gasteiger partial charge < -0.3 is 14.8 Å². The van der Waals surface area contributed by atoms with Gasteiger partial charge in [0.15, 0.2) is 5.11 Å². The molecule has 0 aliphatic heterocycles. The number of ether oxygens (including phenoxy) is 2. The molecule has 25 heavy (non-hydrogen) atoms. The molecule has 5 nitrogen and oxygen atoms in total. The number of carbonyl (C=O) groups is 1. The van der Waals surface area contributed by atoms with Crippen molar-refractivity contribution < 1.29 is 14.3 Å². The van der Waals surface area contributed by atoms with E-state index in [2.05, 4.69) is 10.6 Å². The zero-order chi connectivity index (χ0) is 18.2. The summed E-state index contributed by atoms with van der Waals surface area (Å²) in [6.07, 6.45) is 0. The molecule has 0 fully saturated rings. The monoisotopic (exact) mass is 378 g/mol. The van der Waals surface area contributed by atoms with E-state index in [4.69, 9.17) is 33.3 Å². The van der Waals surface area contributed by atoms with Gasteiger partial charge in [0, 0.05) is 23.4 Å². The van der Waals surface area contributed by atoms with Crippen molar-refractivity contribution in [1.82, 2.24) is 5.32 Å². The predicted octanol–water partition coefficient (Wildman–Crippen LogP) is 3.80. The van der Waals surface area contributed by atoms with Crippen LogP contribution in [0.3, 0.4) is 0 Å². The standard InChI is InChI=1S/C18H19ClN2O3S/c1-12-3-6-14(19)11-16(12)20-18(25)21-17(22)13-4-7-15(8-5-13)24-10-9-23-2/h3-8,11H,9-10H2,1-2H3,(H2,20,21,22,25). The van der Waals surface area contributed by atoms with E-state index < -0.39 is 0 Å². The van der Waals surface area contributed by atoms with E-state index in [1.165, 1.54) is 0 Å². The van der Waals surface area contributed by atoms with E-state index in [1.54, 1.807) is 43.5 Å². The highest BCUT2D eigenvalue weighted by Crippen LogP contribution is 2.20. The minimum atomic E-state index is -0.305. The van der Waals surface area contributed by atoms with Crippen molar-refractivity contribution in [2.75, 3.05) is 25.6 Å². The lowest BCUT2D eigenvalue weighted by Gasteiger charge is -2.12. The Bertz CT molecular complexity index is 750. The number of aryl methyl sites for hydroxylation is 1. The number of rotatable bonds is 6. The minimum absolute atomic E-state index is 0.204. The number of anilines is 1. The lowest BCUT2D eigenvalue weighted by atomic mass is 10.2. The van der Waals surface area contributed by atoms with Crippen LogP contribution in [0.15, 0.2) is 42.5 Å². The Hall–Kier alpha value is -2.15. The van der Waals surface area contributed by atoms with Crippen LogP contribution in [0.2, 0.25) is 5.02 Å². The Morgan fingerprint density at radius 1 is 1.16 bits per heavy atom. The minimum Gasteiger partial charge on any atom is -0.491 e. The summed E-state index contributed by atoms with van der Waals surface area (Å²) in [7, 11) is 1.61. The number of halogens is 1. The number of benzene rings is 2. The molecule has 0 saturated heterocycles. The average molecular weight is 379 g/mol. The third kappa shape index (κ3) is 6.01. The zero-order valence-electron chi connectivity index (χ0n) is 14.0. The number of methoxy groups -OCH3 is 1. The summed E-state index contributed by atoms with van der Waals surface area (Å²) < 4.78 is 10.4. The lowest BCUT2D eigenvalue weighted by Crippen LogP contribution is -2.34. The second-order valence-electron chi connectivity index (χ2n) is 5.23. The molecule has 0 unspecified atom stereocenters. The zero-order valence-corrected chi connectivity index (χ0v) is 15.5. The predicted molar refractivity (Wildman–Crippen MR) is 104 cm³/mol. The largest absolute Gasteiger partial charge is 0.491 e. The molecular formula is C18H19ClN2O3S. The molecule has 2 aromatic rings. The van der Waals surface area contributed by atoms with E-state index >= 15 is 0 Å². The van der Waals surface area contributed by atoms with Gasteiger partial charge in [-0.1, -0.05) is 17.7 Å². The SMILES string of the molecule is COCCOc1ccc(C(=O)NC(=S)Nc2cc(Cl)ccc2C)cc1. The Balaban J connectivity index is 1.92. The summed E-state index contributed by atoms with van der Waals surface area (Å²) in [6.45, 7) is 2.88. The van der Waals surface area contributed by atoms with E-state index in [0.29, 0.717) is 29.5 Å². The maximum Gasteiger partial charge on any atom is 0.257 e. The molecule has 7 heteroatoms. The molecule has 0 atom stereocenters. The van der Waals surface area contributed by atoms with Crippen molar-refractivity contribution in [3.05, 3.63) is 58.6 Å². The van der Waals surface area contributed by atoms with Crippen LogP contribution in [0.25, 0.3) is 0 Å². The summed E-state index contributed by atoms with van der Waals surface area (Å²) in [5.74, 6) is 0.365. The van der Waals surface area contributed by atoms with Gasteiger partial charge >= 0.3 is 0 Å². The molecule has 0 aromatic heterocycles. The third-order valence-corrected chi connectivity index (χ3v) is 3.79. The third-order valence-electron chi connectivity index (χ3n) is 3.35. The first-order valence-corrected chi connectivity index (χ1v) is 8.38. The van der Waals surface area contributed by atoms with Crippen molar-refractivity contribution in [3.8, 4) is 5.75 Å². The molecule has 1 amide bonds. The molecule has 2 rings (SSSR count). The molecular weight excluding hydrogens is 360 g/mol. The van der Waals surface area contributed by atoms with E-state index in [1.807, 2.05) is 13.0 Å². The number of nitrogens with one attached hydrogen (secondary N) is 2. The average Bonchev–Trinajstić information content (AvgIpc) is 2.59. The first-order valence-electron chi connectivity index (χ1n) is 7.60. The van der Waals surface area contributed by atoms with Crippen LogP contribution in [-0.2, 0) is 4.74 Å². The van der Waals surface area contributed by atoms with E-state index in [0.717, 1.165) is 11.3 Å². The Labute approximate surface area is 157 Å². The smallest absolute Gasteiger partial charge is 0.257 e. The Morgan fingerprint density at radius 3 is 2.56 bits per heavy atom. The lowest BCUT2D eigenvalue weighted by molar-refractivity contribution is 0.0977. The molecule has 0 saturated carbocycles. The Morgan fingerprint density at radius 2 is 1.88 bits per heavy atom. The second kappa shape index (κ2) is 9.36. The van der Waals surface area contributed by atoms with Crippen LogP contribution >= 0.6 is 23.8 Å². The molecule has 0 spiro atoms. The number of hydrogen-bond donors (Lipinski definition) is 2. The van der Waals surface area contributed by atoms with Crippen LogP contribution in [0.5, 0.6) is 5.75 Å². The van der Waals surface area contributed by atoms with Gasteiger partial charge in [-0.25, -0.2) is 0 Å². The molecule has 0 bridgehead atoms. The maximum atomic E-state index is 12.2. The van der Waals surface area contributed by atoms with Crippen LogP contribution < -0.4 is 15.4 Å². The van der Waals surface area contributed by atoms with E-state index in [9.17, 15) is 4.79 Å².